The molecule has 0 spiro atoms. The highest BCUT2D eigenvalue weighted by molar-refractivity contribution is 5.26. The molecule has 16 heavy (non-hydrogen) atoms. The van der Waals surface area contributed by atoms with Gasteiger partial charge in [-0.05, 0) is 12.8 Å². The van der Waals surface area contributed by atoms with Crippen LogP contribution in [0.5, 0.6) is 0 Å². The van der Waals surface area contributed by atoms with E-state index in [0.29, 0.717) is 13.0 Å². The number of aliphatic hydroxyl groups excluding tert-OH is 1. The number of hydrogen-bond acceptors (Lipinski definition) is 4. The van der Waals surface area contributed by atoms with Gasteiger partial charge in [0.1, 0.15) is 5.82 Å². The Hall–Kier alpha value is -1.56. The molecule has 3 N–H and O–H groups in total. The predicted octanol–water partition coefficient (Wildman–Crippen LogP) is -0.615. The van der Waals surface area contributed by atoms with Crippen molar-refractivity contribution in [3.05, 3.63) is 26.9 Å². The van der Waals surface area contributed by atoms with Crippen molar-refractivity contribution in [3.63, 3.8) is 0 Å². The molecule has 0 aliphatic carbocycles. The summed E-state index contributed by atoms with van der Waals surface area (Å²) in [6, 6.07) is 1.24. The van der Waals surface area contributed by atoms with E-state index in [1.165, 1.54) is 10.6 Å². The molecule has 0 atom stereocenters. The molecule has 0 saturated carbocycles. The number of nitrogens with zero attached hydrogens (tertiary/aromatic N) is 2. The topological polar surface area (TPSA) is 90.2 Å². The largest absolute Gasteiger partial charge is 0.396 e. The van der Waals surface area contributed by atoms with Gasteiger partial charge in [-0.25, -0.2) is 4.79 Å². The second kappa shape index (κ2) is 5.50. The van der Waals surface area contributed by atoms with Crippen LogP contribution in [0.4, 0.5) is 5.82 Å². The van der Waals surface area contributed by atoms with Gasteiger partial charge in [0.25, 0.3) is 5.56 Å². The van der Waals surface area contributed by atoms with Crippen molar-refractivity contribution in [2.24, 2.45) is 0 Å². The summed E-state index contributed by atoms with van der Waals surface area (Å²) >= 11 is 0. The minimum atomic E-state index is -0.414. The van der Waals surface area contributed by atoms with Gasteiger partial charge in [0.05, 0.1) is 0 Å². The van der Waals surface area contributed by atoms with Gasteiger partial charge in [0.2, 0.25) is 0 Å². The summed E-state index contributed by atoms with van der Waals surface area (Å²) in [6.45, 7) is 2.58. The molecule has 0 fully saturated rings. The second-order valence-electron chi connectivity index (χ2n) is 3.57. The highest BCUT2D eigenvalue weighted by atomic mass is 16.3. The molecule has 0 aliphatic rings. The number of aromatic nitrogens is 2. The third-order valence-electron chi connectivity index (χ3n) is 2.30. The summed E-state index contributed by atoms with van der Waals surface area (Å²) in [5.74, 6) is 0.192. The summed E-state index contributed by atoms with van der Waals surface area (Å²) in [6.07, 6.45) is 1.15. The minimum Gasteiger partial charge on any atom is -0.396 e. The zero-order valence-electron chi connectivity index (χ0n) is 9.35. The number of nitrogen functional groups attached to an aromatic ring is 1. The van der Waals surface area contributed by atoms with Crippen LogP contribution in [-0.2, 0) is 13.1 Å². The molecular formula is C10H17N3O3. The summed E-state index contributed by atoms with van der Waals surface area (Å²) < 4.78 is 2.47. The van der Waals surface area contributed by atoms with Gasteiger partial charge in [-0.3, -0.25) is 13.9 Å². The number of hydrogen-bond donors (Lipinski definition) is 2. The van der Waals surface area contributed by atoms with Crippen LogP contribution in [0.15, 0.2) is 15.7 Å². The molecular weight excluding hydrogens is 210 g/mol. The van der Waals surface area contributed by atoms with Crippen LogP contribution in [-0.4, -0.2) is 20.8 Å². The van der Waals surface area contributed by atoms with Crippen LogP contribution in [0.2, 0.25) is 0 Å². The number of rotatable bonds is 5. The number of anilines is 1. The van der Waals surface area contributed by atoms with Crippen molar-refractivity contribution in [3.8, 4) is 0 Å². The van der Waals surface area contributed by atoms with E-state index in [4.69, 9.17) is 10.8 Å². The molecule has 1 aromatic heterocycles. The van der Waals surface area contributed by atoms with E-state index in [2.05, 4.69) is 0 Å². The van der Waals surface area contributed by atoms with E-state index in [-0.39, 0.29) is 19.0 Å². The molecule has 1 heterocycles. The molecule has 0 aliphatic heterocycles. The maximum Gasteiger partial charge on any atom is 0.332 e. The van der Waals surface area contributed by atoms with E-state index in [0.717, 1.165) is 11.0 Å². The van der Waals surface area contributed by atoms with E-state index in [1.54, 1.807) is 0 Å². The predicted molar refractivity (Wildman–Crippen MR) is 61.4 cm³/mol. The van der Waals surface area contributed by atoms with Crippen molar-refractivity contribution >= 4 is 5.82 Å². The first-order chi connectivity index (χ1) is 7.61. The van der Waals surface area contributed by atoms with Crippen LogP contribution in [0.1, 0.15) is 19.8 Å². The third kappa shape index (κ3) is 2.52. The average molecular weight is 227 g/mol. The lowest BCUT2D eigenvalue weighted by Gasteiger charge is -2.11. The fourth-order valence-corrected chi connectivity index (χ4v) is 1.52. The fourth-order valence-electron chi connectivity index (χ4n) is 1.52. The molecule has 0 saturated heterocycles. The molecule has 0 amide bonds. The summed E-state index contributed by atoms with van der Waals surface area (Å²) in [5, 5.41) is 8.69. The molecule has 0 radical (unpaired) electrons. The third-order valence-corrected chi connectivity index (χ3v) is 2.30. The van der Waals surface area contributed by atoms with E-state index < -0.39 is 11.2 Å². The van der Waals surface area contributed by atoms with Crippen LogP contribution in [0, 0.1) is 0 Å². The Kier molecular flexibility index (Phi) is 4.30. The van der Waals surface area contributed by atoms with Crippen molar-refractivity contribution in [2.45, 2.75) is 32.9 Å². The van der Waals surface area contributed by atoms with Crippen molar-refractivity contribution in [1.82, 2.24) is 9.13 Å². The number of nitrogens with two attached hydrogens (primary N) is 1. The van der Waals surface area contributed by atoms with E-state index in [9.17, 15) is 9.59 Å². The van der Waals surface area contributed by atoms with Crippen LogP contribution < -0.4 is 17.0 Å². The van der Waals surface area contributed by atoms with Gasteiger partial charge < -0.3 is 10.8 Å². The summed E-state index contributed by atoms with van der Waals surface area (Å²) in [5.41, 5.74) is 4.79. The molecule has 1 rings (SSSR count). The second-order valence-corrected chi connectivity index (χ2v) is 3.57. The Morgan fingerprint density at radius 3 is 2.56 bits per heavy atom. The SMILES string of the molecule is CCCn1c(N)cc(=O)n(CCCO)c1=O. The molecule has 90 valence electrons. The van der Waals surface area contributed by atoms with E-state index >= 15 is 0 Å². The zero-order chi connectivity index (χ0) is 12.1. The Labute approximate surface area is 92.9 Å². The lowest BCUT2D eigenvalue weighted by atomic mass is 10.4. The van der Waals surface area contributed by atoms with Crippen LogP contribution >= 0.6 is 0 Å². The Morgan fingerprint density at radius 2 is 2.00 bits per heavy atom. The molecule has 0 unspecified atom stereocenters. The van der Waals surface area contributed by atoms with Crippen molar-refractivity contribution < 1.29 is 5.11 Å². The standard InChI is InChI=1S/C10H17N3O3/c1-2-4-12-8(11)7-9(15)13(10(12)16)5-3-6-14/h7,14H,2-6,11H2,1H3. The van der Waals surface area contributed by atoms with Gasteiger partial charge in [-0.1, -0.05) is 6.92 Å². The zero-order valence-corrected chi connectivity index (χ0v) is 9.35. The van der Waals surface area contributed by atoms with Gasteiger partial charge in [-0.15, -0.1) is 0 Å². The number of aliphatic hydroxyl groups is 1. The first-order valence-corrected chi connectivity index (χ1v) is 5.32. The summed E-state index contributed by atoms with van der Waals surface area (Å²) in [4.78, 5) is 23.4. The highest BCUT2D eigenvalue weighted by Gasteiger charge is 2.07. The van der Waals surface area contributed by atoms with Gasteiger partial charge >= 0.3 is 5.69 Å². The average Bonchev–Trinajstić information content (AvgIpc) is 2.24. The van der Waals surface area contributed by atoms with Gasteiger partial charge in [0.15, 0.2) is 0 Å². The molecule has 6 heteroatoms. The summed E-state index contributed by atoms with van der Waals surface area (Å²) in [7, 11) is 0. The normalized spacial score (nSPS) is 10.6. The first-order valence-electron chi connectivity index (χ1n) is 5.32. The monoisotopic (exact) mass is 227 g/mol. The Bertz CT molecular complexity index is 461. The lowest BCUT2D eigenvalue weighted by Crippen LogP contribution is -2.40. The first kappa shape index (κ1) is 12.5. The van der Waals surface area contributed by atoms with Gasteiger partial charge in [0, 0.05) is 25.8 Å². The Balaban J connectivity index is 3.22. The molecule has 1 aromatic rings. The molecule has 0 bridgehead atoms. The van der Waals surface area contributed by atoms with Crippen molar-refractivity contribution in [1.29, 1.82) is 0 Å². The van der Waals surface area contributed by atoms with E-state index in [1.807, 2.05) is 6.92 Å². The van der Waals surface area contributed by atoms with Crippen LogP contribution in [0.3, 0.4) is 0 Å². The maximum absolute atomic E-state index is 11.9. The van der Waals surface area contributed by atoms with Gasteiger partial charge in [-0.2, -0.15) is 0 Å². The van der Waals surface area contributed by atoms with Crippen LogP contribution in [0.25, 0.3) is 0 Å². The quantitative estimate of drug-likeness (QED) is 0.701. The minimum absolute atomic E-state index is 0.0516. The lowest BCUT2D eigenvalue weighted by molar-refractivity contribution is 0.277. The van der Waals surface area contributed by atoms with Crippen molar-refractivity contribution in [2.75, 3.05) is 12.3 Å². The molecule has 0 aromatic carbocycles. The maximum atomic E-state index is 11.9. The fraction of sp³-hybridized carbons (Fsp3) is 0.600. The highest BCUT2D eigenvalue weighted by Crippen LogP contribution is 1.96. The molecule has 6 nitrogen and oxygen atoms in total. The smallest absolute Gasteiger partial charge is 0.332 e. The Morgan fingerprint density at radius 1 is 1.31 bits per heavy atom.